The molecular weight excluding hydrogens is 168 g/mol. The van der Waals surface area contributed by atoms with Gasteiger partial charge in [-0.3, -0.25) is 9.59 Å². The van der Waals surface area contributed by atoms with Gasteiger partial charge < -0.3 is 11.5 Å². The second-order valence-corrected chi connectivity index (χ2v) is 2.74. The van der Waals surface area contributed by atoms with Crippen molar-refractivity contribution in [1.29, 1.82) is 0 Å². The van der Waals surface area contributed by atoms with Crippen molar-refractivity contribution in [2.24, 2.45) is 11.5 Å². The summed E-state index contributed by atoms with van der Waals surface area (Å²) in [6.45, 7) is 3.24. The zero-order valence-corrected chi connectivity index (χ0v) is 7.83. The van der Waals surface area contributed by atoms with Gasteiger partial charge in [0.15, 0.2) is 0 Å². The van der Waals surface area contributed by atoms with Crippen molar-refractivity contribution in [2.75, 3.05) is 0 Å². The SMILES string of the molecule is CC(=CCC=C(C)C(N)=O)C(N)=O. The van der Waals surface area contributed by atoms with Crippen molar-refractivity contribution in [3.63, 3.8) is 0 Å². The summed E-state index contributed by atoms with van der Waals surface area (Å²) in [6.07, 6.45) is 3.78. The predicted molar refractivity (Wildman–Crippen MR) is 50.5 cm³/mol. The molecule has 4 N–H and O–H groups in total. The minimum Gasteiger partial charge on any atom is -0.366 e. The molecule has 2 amide bonds. The van der Waals surface area contributed by atoms with Gasteiger partial charge in [0.05, 0.1) is 0 Å². The molecule has 0 atom stereocenters. The van der Waals surface area contributed by atoms with E-state index in [0.717, 1.165) is 0 Å². The van der Waals surface area contributed by atoms with Gasteiger partial charge in [-0.1, -0.05) is 12.2 Å². The Kier molecular flexibility index (Phi) is 4.51. The predicted octanol–water partition coefficient (Wildman–Crippen LogP) is 0.240. The fraction of sp³-hybridized carbons (Fsp3) is 0.333. The van der Waals surface area contributed by atoms with Crippen LogP contribution in [0.15, 0.2) is 23.3 Å². The minimum absolute atomic E-state index is 0.454. The van der Waals surface area contributed by atoms with Crippen LogP contribution in [-0.4, -0.2) is 11.8 Å². The molecule has 0 aromatic heterocycles. The Morgan fingerprint density at radius 2 is 1.31 bits per heavy atom. The summed E-state index contributed by atoms with van der Waals surface area (Å²) in [5, 5.41) is 0. The van der Waals surface area contributed by atoms with Crippen LogP contribution < -0.4 is 11.5 Å². The van der Waals surface area contributed by atoms with E-state index in [1.54, 1.807) is 26.0 Å². The third-order valence-electron chi connectivity index (χ3n) is 1.63. The molecule has 0 unspecified atom stereocenters. The molecule has 13 heavy (non-hydrogen) atoms. The second kappa shape index (κ2) is 5.13. The highest BCUT2D eigenvalue weighted by atomic mass is 16.1. The molecule has 4 nitrogen and oxygen atoms in total. The highest BCUT2D eigenvalue weighted by Crippen LogP contribution is 1.98. The van der Waals surface area contributed by atoms with Gasteiger partial charge in [0.2, 0.25) is 11.8 Å². The van der Waals surface area contributed by atoms with E-state index in [1.165, 1.54) is 0 Å². The maximum atomic E-state index is 10.6. The lowest BCUT2D eigenvalue weighted by molar-refractivity contribution is -0.115. The van der Waals surface area contributed by atoms with Crippen LogP contribution in [0, 0.1) is 0 Å². The van der Waals surface area contributed by atoms with Crippen LogP contribution in [0.25, 0.3) is 0 Å². The van der Waals surface area contributed by atoms with Gasteiger partial charge >= 0.3 is 0 Å². The molecule has 0 aliphatic carbocycles. The van der Waals surface area contributed by atoms with Crippen LogP contribution in [0.4, 0.5) is 0 Å². The molecule has 0 aromatic rings. The number of amides is 2. The largest absolute Gasteiger partial charge is 0.366 e. The van der Waals surface area contributed by atoms with Crippen LogP contribution in [0.2, 0.25) is 0 Å². The highest BCUT2D eigenvalue weighted by Gasteiger charge is 1.96. The zero-order chi connectivity index (χ0) is 10.4. The normalized spacial score (nSPS) is 12.8. The summed E-state index contributed by atoms with van der Waals surface area (Å²) in [5.74, 6) is -0.907. The molecule has 4 heteroatoms. The molecule has 0 aromatic carbocycles. The van der Waals surface area contributed by atoms with Crippen molar-refractivity contribution in [1.82, 2.24) is 0 Å². The lowest BCUT2D eigenvalue weighted by Gasteiger charge is -1.93. The lowest BCUT2D eigenvalue weighted by atomic mass is 10.2. The standard InChI is InChI=1S/C9H14N2O2/c1-6(8(10)12)4-3-5-7(2)9(11)13/h4-5H,3H2,1-2H3,(H2,10,12)(H2,11,13). The van der Waals surface area contributed by atoms with Crippen LogP contribution in [0.3, 0.4) is 0 Å². The third kappa shape index (κ3) is 4.79. The van der Waals surface area contributed by atoms with Crippen molar-refractivity contribution >= 4 is 11.8 Å². The maximum Gasteiger partial charge on any atom is 0.244 e. The molecule has 0 aliphatic heterocycles. The molecule has 0 rings (SSSR count). The summed E-state index contributed by atoms with van der Waals surface area (Å²) in [5.41, 5.74) is 10.9. The first kappa shape index (κ1) is 11.4. The topological polar surface area (TPSA) is 86.2 Å². The van der Waals surface area contributed by atoms with E-state index < -0.39 is 11.8 Å². The van der Waals surface area contributed by atoms with Gasteiger partial charge in [0, 0.05) is 11.1 Å². The number of nitrogens with two attached hydrogens (primary N) is 2. The average molecular weight is 182 g/mol. The molecule has 0 fully saturated rings. The molecule has 0 saturated carbocycles. The highest BCUT2D eigenvalue weighted by molar-refractivity contribution is 5.92. The minimum atomic E-state index is -0.454. The number of rotatable bonds is 4. The van der Waals surface area contributed by atoms with E-state index in [0.29, 0.717) is 17.6 Å². The lowest BCUT2D eigenvalue weighted by Crippen LogP contribution is -2.12. The first-order chi connectivity index (χ1) is 5.95. The summed E-state index contributed by atoms with van der Waals surface area (Å²) in [4.78, 5) is 21.1. The first-order valence-corrected chi connectivity index (χ1v) is 3.88. The number of carbonyl (C=O) groups is 2. The van der Waals surface area contributed by atoms with E-state index in [-0.39, 0.29) is 0 Å². The quantitative estimate of drug-likeness (QED) is 0.610. The van der Waals surface area contributed by atoms with E-state index in [4.69, 9.17) is 11.5 Å². The number of carbonyl (C=O) groups excluding carboxylic acids is 2. The van der Waals surface area contributed by atoms with E-state index in [9.17, 15) is 9.59 Å². The Hall–Kier alpha value is -1.58. The summed E-state index contributed by atoms with van der Waals surface area (Å²) >= 11 is 0. The number of primary amides is 2. The van der Waals surface area contributed by atoms with Gasteiger partial charge in [-0.05, 0) is 20.3 Å². The summed E-state index contributed by atoms with van der Waals surface area (Å²) < 4.78 is 0. The van der Waals surface area contributed by atoms with Crippen molar-refractivity contribution in [3.8, 4) is 0 Å². The van der Waals surface area contributed by atoms with Gasteiger partial charge in [0.25, 0.3) is 0 Å². The molecule has 0 radical (unpaired) electrons. The van der Waals surface area contributed by atoms with E-state index in [2.05, 4.69) is 0 Å². The smallest absolute Gasteiger partial charge is 0.244 e. The Bertz CT molecular complexity index is 249. The average Bonchev–Trinajstić information content (AvgIpc) is 2.03. The Morgan fingerprint density at radius 1 is 1.00 bits per heavy atom. The van der Waals surface area contributed by atoms with Gasteiger partial charge in [0.1, 0.15) is 0 Å². The van der Waals surface area contributed by atoms with Gasteiger partial charge in [-0.25, -0.2) is 0 Å². The molecule has 0 bridgehead atoms. The van der Waals surface area contributed by atoms with Crippen molar-refractivity contribution in [3.05, 3.63) is 23.3 Å². The van der Waals surface area contributed by atoms with Crippen molar-refractivity contribution in [2.45, 2.75) is 20.3 Å². The van der Waals surface area contributed by atoms with Crippen molar-refractivity contribution < 1.29 is 9.59 Å². The molecule has 0 aliphatic rings. The van der Waals surface area contributed by atoms with Gasteiger partial charge in [-0.15, -0.1) is 0 Å². The molecule has 72 valence electrons. The van der Waals surface area contributed by atoms with E-state index in [1.807, 2.05) is 0 Å². The first-order valence-electron chi connectivity index (χ1n) is 3.88. The Balaban J connectivity index is 4.19. The number of hydrogen-bond acceptors (Lipinski definition) is 2. The molecule has 0 saturated heterocycles. The fourth-order valence-electron chi connectivity index (χ4n) is 0.614. The summed E-state index contributed by atoms with van der Waals surface area (Å²) in [7, 11) is 0. The second-order valence-electron chi connectivity index (χ2n) is 2.74. The molecule has 0 heterocycles. The number of hydrogen-bond donors (Lipinski definition) is 2. The van der Waals surface area contributed by atoms with Crippen LogP contribution in [0.5, 0.6) is 0 Å². The fourth-order valence-corrected chi connectivity index (χ4v) is 0.614. The maximum absolute atomic E-state index is 10.6. The zero-order valence-electron chi connectivity index (χ0n) is 7.83. The summed E-state index contributed by atoms with van der Waals surface area (Å²) in [6, 6.07) is 0. The van der Waals surface area contributed by atoms with Gasteiger partial charge in [-0.2, -0.15) is 0 Å². The molecule has 0 spiro atoms. The molecular formula is C9H14N2O2. The third-order valence-corrected chi connectivity index (χ3v) is 1.63. The van der Waals surface area contributed by atoms with Crippen LogP contribution >= 0.6 is 0 Å². The van der Waals surface area contributed by atoms with Crippen LogP contribution in [-0.2, 0) is 9.59 Å². The monoisotopic (exact) mass is 182 g/mol. The van der Waals surface area contributed by atoms with E-state index >= 15 is 0 Å². The Labute approximate surface area is 77.3 Å². The Morgan fingerprint density at radius 3 is 1.54 bits per heavy atom. The van der Waals surface area contributed by atoms with Crippen LogP contribution in [0.1, 0.15) is 20.3 Å². The number of allylic oxidation sites excluding steroid dienone is 2.